The zero-order valence-corrected chi connectivity index (χ0v) is 10.3. The molecule has 5 nitrogen and oxygen atoms in total. The second-order valence-corrected chi connectivity index (χ2v) is 4.61. The van der Waals surface area contributed by atoms with Gasteiger partial charge >= 0.3 is 0 Å². The molecular weight excluding hydrogens is 242 g/mol. The van der Waals surface area contributed by atoms with Crippen LogP contribution in [0.4, 0.5) is 5.69 Å². The average Bonchev–Trinajstić information content (AvgIpc) is 2.15. The van der Waals surface area contributed by atoms with Crippen molar-refractivity contribution in [3.8, 4) is 0 Å². The molecule has 0 heterocycles. The molecule has 0 aromatic heterocycles. The first kappa shape index (κ1) is 13.3. The molecule has 1 aromatic carbocycles. The minimum Gasteiger partial charge on any atom is -0.398 e. The Bertz CT molecular complexity index is 472. The van der Waals surface area contributed by atoms with E-state index in [2.05, 4.69) is 5.32 Å². The Kier molecular flexibility index (Phi) is 3.63. The van der Waals surface area contributed by atoms with Crippen molar-refractivity contribution in [2.75, 3.05) is 5.73 Å². The fourth-order valence-corrected chi connectivity index (χ4v) is 1.33. The first-order valence-electron chi connectivity index (χ1n) is 4.91. The lowest BCUT2D eigenvalue weighted by Gasteiger charge is -2.22. The molecule has 6 heteroatoms. The number of anilines is 1. The van der Waals surface area contributed by atoms with Gasteiger partial charge in [0.05, 0.1) is 5.56 Å². The number of benzene rings is 1. The number of rotatable bonds is 3. The van der Waals surface area contributed by atoms with Crippen molar-refractivity contribution < 1.29 is 9.59 Å². The topological polar surface area (TPSA) is 98.2 Å². The molecule has 0 atom stereocenters. The Labute approximate surface area is 104 Å². The van der Waals surface area contributed by atoms with Crippen LogP contribution >= 0.6 is 11.6 Å². The number of carbonyl (C=O) groups is 2. The number of amides is 2. The number of halogens is 1. The normalized spacial score (nSPS) is 11.0. The molecule has 17 heavy (non-hydrogen) atoms. The van der Waals surface area contributed by atoms with Crippen LogP contribution in [0.15, 0.2) is 18.2 Å². The number of nitrogens with two attached hydrogens (primary N) is 2. The van der Waals surface area contributed by atoms with Gasteiger partial charge in [0.15, 0.2) is 0 Å². The standard InChI is InChI=1S/C11H14ClN3O2/c1-11(2,10(14)17)15-9(16)7-4-3-6(12)5-8(7)13/h3-5H,13H2,1-2H3,(H2,14,17)(H,15,16). The molecule has 0 spiro atoms. The summed E-state index contributed by atoms with van der Waals surface area (Å²) in [4.78, 5) is 22.9. The highest BCUT2D eigenvalue weighted by atomic mass is 35.5. The predicted octanol–water partition coefficient (Wildman–Crippen LogP) is 0.916. The summed E-state index contributed by atoms with van der Waals surface area (Å²) in [5, 5.41) is 2.93. The van der Waals surface area contributed by atoms with E-state index in [9.17, 15) is 9.59 Å². The number of carbonyl (C=O) groups excluding carboxylic acids is 2. The van der Waals surface area contributed by atoms with Crippen molar-refractivity contribution in [1.29, 1.82) is 0 Å². The van der Waals surface area contributed by atoms with Crippen molar-refractivity contribution in [2.45, 2.75) is 19.4 Å². The minimum absolute atomic E-state index is 0.246. The molecule has 1 rings (SSSR count). The fraction of sp³-hybridized carbons (Fsp3) is 0.273. The molecule has 0 aliphatic carbocycles. The summed E-state index contributed by atoms with van der Waals surface area (Å²) in [5.41, 5.74) is 10.2. The van der Waals surface area contributed by atoms with Crippen molar-refractivity contribution in [3.05, 3.63) is 28.8 Å². The smallest absolute Gasteiger partial charge is 0.254 e. The molecule has 92 valence electrons. The Morgan fingerprint density at radius 2 is 1.94 bits per heavy atom. The fourth-order valence-electron chi connectivity index (χ4n) is 1.15. The Morgan fingerprint density at radius 1 is 1.35 bits per heavy atom. The van der Waals surface area contributed by atoms with E-state index in [4.69, 9.17) is 23.1 Å². The molecule has 0 fully saturated rings. The highest BCUT2D eigenvalue weighted by Gasteiger charge is 2.27. The maximum absolute atomic E-state index is 11.9. The second kappa shape index (κ2) is 4.63. The van der Waals surface area contributed by atoms with Crippen molar-refractivity contribution in [2.24, 2.45) is 5.73 Å². The van der Waals surface area contributed by atoms with Crippen molar-refractivity contribution >= 4 is 29.1 Å². The quantitative estimate of drug-likeness (QED) is 0.701. The third kappa shape index (κ3) is 3.10. The number of nitrogens with one attached hydrogen (secondary N) is 1. The Balaban J connectivity index is 2.95. The van der Waals surface area contributed by atoms with Gasteiger partial charge in [-0.05, 0) is 32.0 Å². The Hall–Kier alpha value is -1.75. The largest absolute Gasteiger partial charge is 0.398 e. The van der Waals surface area contributed by atoms with E-state index >= 15 is 0 Å². The second-order valence-electron chi connectivity index (χ2n) is 4.17. The van der Waals surface area contributed by atoms with Crippen LogP contribution in [0.3, 0.4) is 0 Å². The van der Waals surface area contributed by atoms with Gasteiger partial charge < -0.3 is 16.8 Å². The van der Waals surface area contributed by atoms with Crippen molar-refractivity contribution in [1.82, 2.24) is 5.32 Å². The minimum atomic E-state index is -1.14. The molecule has 0 bridgehead atoms. The van der Waals surface area contributed by atoms with Gasteiger partial charge in [0.1, 0.15) is 5.54 Å². The van der Waals surface area contributed by atoms with Gasteiger partial charge in [-0.1, -0.05) is 11.6 Å². The summed E-state index contributed by atoms with van der Waals surface area (Å²) < 4.78 is 0. The third-order valence-electron chi connectivity index (χ3n) is 2.30. The van der Waals surface area contributed by atoms with Gasteiger partial charge in [-0.2, -0.15) is 0 Å². The summed E-state index contributed by atoms with van der Waals surface area (Å²) >= 11 is 5.72. The first-order valence-corrected chi connectivity index (χ1v) is 5.29. The highest BCUT2D eigenvalue weighted by Crippen LogP contribution is 2.18. The number of hydrogen-bond donors (Lipinski definition) is 3. The van der Waals surface area contributed by atoms with Crippen LogP contribution in [0.5, 0.6) is 0 Å². The van der Waals surface area contributed by atoms with Gasteiger partial charge in [-0.25, -0.2) is 0 Å². The van der Waals surface area contributed by atoms with Crippen LogP contribution in [0.2, 0.25) is 5.02 Å². The van der Waals surface area contributed by atoms with E-state index in [-0.39, 0.29) is 11.3 Å². The van der Waals surface area contributed by atoms with E-state index in [1.54, 1.807) is 6.07 Å². The molecule has 0 aliphatic rings. The van der Waals surface area contributed by atoms with Crippen LogP contribution in [-0.4, -0.2) is 17.4 Å². The summed E-state index contributed by atoms with van der Waals surface area (Å²) in [7, 11) is 0. The van der Waals surface area contributed by atoms with Crippen LogP contribution in [-0.2, 0) is 4.79 Å². The molecule has 0 unspecified atom stereocenters. The van der Waals surface area contributed by atoms with E-state index in [0.29, 0.717) is 5.02 Å². The summed E-state index contributed by atoms with van der Waals surface area (Å²) in [5.74, 6) is -1.10. The molecule has 1 aromatic rings. The van der Waals surface area contributed by atoms with Gasteiger partial charge in [0.2, 0.25) is 5.91 Å². The number of primary amides is 1. The lowest BCUT2D eigenvalue weighted by Crippen LogP contribution is -2.53. The summed E-state index contributed by atoms with van der Waals surface area (Å²) in [6.45, 7) is 3.03. The van der Waals surface area contributed by atoms with Gasteiger partial charge in [-0.15, -0.1) is 0 Å². The zero-order valence-electron chi connectivity index (χ0n) is 9.58. The maximum Gasteiger partial charge on any atom is 0.254 e. The predicted molar refractivity (Wildman–Crippen MR) is 66.6 cm³/mol. The monoisotopic (exact) mass is 255 g/mol. The molecular formula is C11H14ClN3O2. The maximum atomic E-state index is 11.9. The van der Waals surface area contributed by atoms with E-state index in [1.165, 1.54) is 26.0 Å². The van der Waals surface area contributed by atoms with E-state index in [1.807, 2.05) is 0 Å². The number of nitrogen functional groups attached to an aromatic ring is 1. The van der Waals surface area contributed by atoms with Crippen LogP contribution in [0.1, 0.15) is 24.2 Å². The van der Waals surface area contributed by atoms with Crippen LogP contribution in [0, 0.1) is 0 Å². The van der Waals surface area contributed by atoms with Crippen LogP contribution < -0.4 is 16.8 Å². The van der Waals surface area contributed by atoms with Crippen molar-refractivity contribution in [3.63, 3.8) is 0 Å². The van der Waals surface area contributed by atoms with Gasteiger partial charge in [0.25, 0.3) is 5.91 Å². The highest BCUT2D eigenvalue weighted by molar-refractivity contribution is 6.31. The average molecular weight is 256 g/mol. The van der Waals surface area contributed by atoms with E-state index < -0.39 is 17.4 Å². The van der Waals surface area contributed by atoms with Gasteiger partial charge in [0, 0.05) is 10.7 Å². The SMILES string of the molecule is CC(C)(NC(=O)c1ccc(Cl)cc1N)C(N)=O. The molecule has 5 N–H and O–H groups in total. The zero-order chi connectivity index (χ0) is 13.2. The lowest BCUT2D eigenvalue weighted by atomic mass is 10.0. The van der Waals surface area contributed by atoms with Crippen LogP contribution in [0.25, 0.3) is 0 Å². The molecule has 0 radical (unpaired) electrons. The lowest BCUT2D eigenvalue weighted by molar-refractivity contribution is -0.122. The Morgan fingerprint density at radius 3 is 2.41 bits per heavy atom. The first-order chi connectivity index (χ1) is 7.74. The molecule has 0 aliphatic heterocycles. The molecule has 2 amide bonds. The summed E-state index contributed by atoms with van der Waals surface area (Å²) in [6.07, 6.45) is 0. The summed E-state index contributed by atoms with van der Waals surface area (Å²) in [6, 6.07) is 4.50. The van der Waals surface area contributed by atoms with E-state index in [0.717, 1.165) is 0 Å². The molecule has 0 saturated carbocycles. The molecule has 0 saturated heterocycles. The van der Waals surface area contributed by atoms with Gasteiger partial charge in [-0.3, -0.25) is 9.59 Å². The third-order valence-corrected chi connectivity index (χ3v) is 2.54. The number of hydrogen-bond acceptors (Lipinski definition) is 3.